The van der Waals surface area contributed by atoms with Crippen LogP contribution in [0.2, 0.25) is 0 Å². The topological polar surface area (TPSA) is 60.0 Å². The molecule has 1 N–H and O–H groups in total. The summed E-state index contributed by atoms with van der Waals surface area (Å²) in [5.74, 6) is 2.04. The van der Waals surface area contributed by atoms with Crippen LogP contribution in [0.4, 0.5) is 0 Å². The van der Waals surface area contributed by atoms with Crippen LogP contribution in [0.3, 0.4) is 0 Å². The van der Waals surface area contributed by atoms with E-state index in [1.807, 2.05) is 25.1 Å². The third-order valence-corrected chi connectivity index (χ3v) is 5.83. The minimum atomic E-state index is -0.00251. The molecular formula is C25H34N2O4. The van der Waals surface area contributed by atoms with Crippen molar-refractivity contribution in [2.45, 2.75) is 45.3 Å². The molecule has 1 unspecified atom stereocenters. The van der Waals surface area contributed by atoms with Crippen LogP contribution >= 0.6 is 0 Å². The SMILES string of the molecule is CCc1ccc(C(C)NC(=O)CN2CCC(Oc3c(OC)cccc3OC)CC2)cc1. The maximum atomic E-state index is 12.5. The molecule has 1 atom stereocenters. The van der Waals surface area contributed by atoms with Crippen molar-refractivity contribution < 1.29 is 19.0 Å². The summed E-state index contributed by atoms with van der Waals surface area (Å²) in [5, 5.41) is 3.12. The van der Waals surface area contributed by atoms with Crippen molar-refractivity contribution in [3.8, 4) is 17.2 Å². The summed E-state index contributed by atoms with van der Waals surface area (Å²) in [6, 6.07) is 14.1. The number of piperidine rings is 1. The first-order chi connectivity index (χ1) is 15.0. The second kappa shape index (κ2) is 11.0. The zero-order valence-electron chi connectivity index (χ0n) is 19.0. The van der Waals surface area contributed by atoms with E-state index in [0.717, 1.165) is 37.9 Å². The molecule has 2 aromatic rings. The van der Waals surface area contributed by atoms with Gasteiger partial charge in [-0.3, -0.25) is 9.69 Å². The number of carbonyl (C=O) groups excluding carboxylic acids is 1. The number of rotatable bonds is 9. The van der Waals surface area contributed by atoms with Crippen LogP contribution in [0.1, 0.15) is 43.9 Å². The molecule has 1 aliphatic heterocycles. The fraction of sp³-hybridized carbons (Fsp3) is 0.480. The van der Waals surface area contributed by atoms with Crippen molar-refractivity contribution >= 4 is 5.91 Å². The Morgan fingerprint density at radius 3 is 2.23 bits per heavy atom. The van der Waals surface area contributed by atoms with E-state index in [1.165, 1.54) is 5.56 Å². The quantitative estimate of drug-likeness (QED) is 0.657. The van der Waals surface area contributed by atoms with Gasteiger partial charge in [-0.2, -0.15) is 0 Å². The summed E-state index contributed by atoms with van der Waals surface area (Å²) in [6.45, 7) is 6.20. The molecule has 6 nitrogen and oxygen atoms in total. The first-order valence-corrected chi connectivity index (χ1v) is 11.0. The Balaban J connectivity index is 1.47. The molecule has 168 valence electrons. The van der Waals surface area contributed by atoms with Gasteiger partial charge >= 0.3 is 0 Å². The van der Waals surface area contributed by atoms with Gasteiger partial charge in [-0.1, -0.05) is 37.3 Å². The zero-order chi connectivity index (χ0) is 22.2. The fourth-order valence-electron chi connectivity index (χ4n) is 3.90. The molecule has 1 saturated heterocycles. The minimum Gasteiger partial charge on any atom is -0.493 e. The van der Waals surface area contributed by atoms with E-state index in [0.29, 0.717) is 23.8 Å². The Hall–Kier alpha value is -2.73. The van der Waals surface area contributed by atoms with Crippen molar-refractivity contribution in [1.82, 2.24) is 10.2 Å². The van der Waals surface area contributed by atoms with E-state index in [9.17, 15) is 4.79 Å². The van der Waals surface area contributed by atoms with Crippen LogP contribution in [0, 0.1) is 0 Å². The molecule has 3 rings (SSSR count). The van der Waals surface area contributed by atoms with Crippen LogP contribution < -0.4 is 19.5 Å². The lowest BCUT2D eigenvalue weighted by molar-refractivity contribution is -0.123. The lowest BCUT2D eigenvalue weighted by Gasteiger charge is -2.32. The van der Waals surface area contributed by atoms with Crippen LogP contribution in [-0.2, 0) is 11.2 Å². The summed E-state index contributed by atoms with van der Waals surface area (Å²) in [6.07, 6.45) is 2.79. The summed E-state index contributed by atoms with van der Waals surface area (Å²) >= 11 is 0. The Kier molecular flexibility index (Phi) is 8.18. The average Bonchev–Trinajstić information content (AvgIpc) is 2.80. The third kappa shape index (κ3) is 6.14. The smallest absolute Gasteiger partial charge is 0.234 e. The standard InChI is InChI=1S/C25H34N2O4/c1-5-19-9-11-20(12-10-19)18(2)26-24(28)17-27-15-13-21(14-16-27)31-25-22(29-3)7-6-8-23(25)30-4/h6-12,18,21H,5,13-17H2,1-4H3,(H,26,28). The summed E-state index contributed by atoms with van der Waals surface area (Å²) < 4.78 is 17.1. The number of hydrogen-bond donors (Lipinski definition) is 1. The molecular weight excluding hydrogens is 392 g/mol. The zero-order valence-corrected chi connectivity index (χ0v) is 19.0. The molecule has 0 radical (unpaired) electrons. The molecule has 0 spiro atoms. The predicted octanol–water partition coefficient (Wildman–Crippen LogP) is 3.99. The van der Waals surface area contributed by atoms with Crippen LogP contribution in [0.5, 0.6) is 17.2 Å². The predicted molar refractivity (Wildman–Crippen MR) is 122 cm³/mol. The first kappa shape index (κ1) is 22.9. The average molecular weight is 427 g/mol. The van der Waals surface area contributed by atoms with Crippen LogP contribution in [-0.4, -0.2) is 50.8 Å². The highest BCUT2D eigenvalue weighted by Crippen LogP contribution is 2.38. The van der Waals surface area contributed by atoms with Crippen LogP contribution in [0.15, 0.2) is 42.5 Å². The van der Waals surface area contributed by atoms with Gasteiger partial charge in [0, 0.05) is 13.1 Å². The molecule has 6 heteroatoms. The first-order valence-electron chi connectivity index (χ1n) is 11.0. The number of carbonyl (C=O) groups is 1. The van der Waals surface area contributed by atoms with E-state index in [2.05, 4.69) is 41.4 Å². The lowest BCUT2D eigenvalue weighted by Crippen LogP contribution is -2.44. The maximum Gasteiger partial charge on any atom is 0.234 e. The number of para-hydroxylation sites is 1. The second-order valence-corrected chi connectivity index (χ2v) is 7.97. The number of methoxy groups -OCH3 is 2. The molecule has 0 bridgehead atoms. The van der Waals surface area contributed by atoms with Crippen LogP contribution in [0.25, 0.3) is 0 Å². The van der Waals surface area contributed by atoms with Crippen molar-refractivity contribution in [3.63, 3.8) is 0 Å². The molecule has 1 heterocycles. The summed E-state index contributed by atoms with van der Waals surface area (Å²) in [7, 11) is 3.25. The number of likely N-dealkylation sites (tertiary alicyclic amines) is 1. The van der Waals surface area contributed by atoms with Gasteiger partial charge in [0.1, 0.15) is 6.10 Å². The Morgan fingerprint density at radius 2 is 1.68 bits per heavy atom. The van der Waals surface area contributed by atoms with Gasteiger partial charge in [0.05, 0.1) is 26.8 Å². The number of ether oxygens (including phenoxy) is 3. The number of benzene rings is 2. The number of hydrogen-bond acceptors (Lipinski definition) is 5. The molecule has 0 aliphatic carbocycles. The van der Waals surface area contributed by atoms with Crippen molar-refractivity contribution in [2.75, 3.05) is 33.9 Å². The molecule has 1 amide bonds. The fourth-order valence-corrected chi connectivity index (χ4v) is 3.90. The second-order valence-electron chi connectivity index (χ2n) is 7.97. The van der Waals surface area contributed by atoms with Gasteiger partial charge in [0.2, 0.25) is 11.7 Å². The maximum absolute atomic E-state index is 12.5. The highest BCUT2D eigenvalue weighted by Gasteiger charge is 2.24. The number of aryl methyl sites for hydroxylation is 1. The van der Waals surface area contributed by atoms with Gasteiger partial charge in [-0.15, -0.1) is 0 Å². The molecule has 31 heavy (non-hydrogen) atoms. The van der Waals surface area contributed by atoms with E-state index in [1.54, 1.807) is 14.2 Å². The third-order valence-electron chi connectivity index (χ3n) is 5.83. The van der Waals surface area contributed by atoms with Crippen molar-refractivity contribution in [2.24, 2.45) is 0 Å². The highest BCUT2D eigenvalue weighted by molar-refractivity contribution is 5.78. The Labute approximate surface area is 185 Å². The van der Waals surface area contributed by atoms with E-state index >= 15 is 0 Å². The molecule has 1 aliphatic rings. The molecule has 0 saturated carbocycles. The monoisotopic (exact) mass is 426 g/mol. The van der Waals surface area contributed by atoms with Gasteiger partial charge in [0.25, 0.3) is 0 Å². The van der Waals surface area contributed by atoms with Crippen molar-refractivity contribution in [1.29, 1.82) is 0 Å². The Bertz CT molecular complexity index is 823. The largest absolute Gasteiger partial charge is 0.493 e. The number of nitrogens with zero attached hydrogens (tertiary/aromatic N) is 1. The molecule has 1 fully saturated rings. The van der Waals surface area contributed by atoms with Gasteiger partial charge in [0.15, 0.2) is 11.5 Å². The van der Waals surface area contributed by atoms with E-state index < -0.39 is 0 Å². The normalized spacial score (nSPS) is 15.9. The van der Waals surface area contributed by atoms with E-state index in [-0.39, 0.29) is 18.1 Å². The van der Waals surface area contributed by atoms with Gasteiger partial charge < -0.3 is 19.5 Å². The number of nitrogens with one attached hydrogen (secondary N) is 1. The van der Waals surface area contributed by atoms with Gasteiger partial charge in [-0.25, -0.2) is 0 Å². The Morgan fingerprint density at radius 1 is 1.06 bits per heavy atom. The van der Waals surface area contributed by atoms with E-state index in [4.69, 9.17) is 14.2 Å². The summed E-state index contributed by atoms with van der Waals surface area (Å²) in [5.41, 5.74) is 2.43. The van der Waals surface area contributed by atoms with Crippen molar-refractivity contribution in [3.05, 3.63) is 53.6 Å². The van der Waals surface area contributed by atoms with Gasteiger partial charge in [-0.05, 0) is 49.4 Å². The lowest BCUT2D eigenvalue weighted by atomic mass is 10.0. The molecule has 0 aromatic heterocycles. The summed E-state index contributed by atoms with van der Waals surface area (Å²) in [4.78, 5) is 14.7. The minimum absolute atomic E-state index is 0.00251. The number of amides is 1. The highest BCUT2D eigenvalue weighted by atomic mass is 16.5. The molecule has 2 aromatic carbocycles.